The van der Waals surface area contributed by atoms with E-state index in [0.717, 1.165) is 41.7 Å². The number of anilines is 1. The van der Waals surface area contributed by atoms with Crippen molar-refractivity contribution >= 4 is 33.9 Å². The molecule has 0 spiro atoms. The molecule has 0 radical (unpaired) electrons. The van der Waals surface area contributed by atoms with Gasteiger partial charge in [0.25, 0.3) is 0 Å². The van der Waals surface area contributed by atoms with Crippen molar-refractivity contribution < 1.29 is 5.11 Å². The van der Waals surface area contributed by atoms with Gasteiger partial charge < -0.3 is 15.7 Å². The number of hydrogen-bond donors (Lipinski definition) is 2. The van der Waals surface area contributed by atoms with Crippen LogP contribution in [0.2, 0.25) is 0 Å². The maximum atomic E-state index is 9.41. The van der Waals surface area contributed by atoms with Crippen molar-refractivity contribution in [3.05, 3.63) is 35.9 Å². The Bertz CT molecular complexity index is 682. The first-order chi connectivity index (χ1) is 10.0. The molecule has 1 aromatic carbocycles. The summed E-state index contributed by atoms with van der Waals surface area (Å²) in [6.45, 7) is 0.859. The summed E-state index contributed by atoms with van der Waals surface area (Å²) < 4.78 is 0. The number of aliphatic hydroxyl groups is 1. The molecule has 2 aromatic rings. The van der Waals surface area contributed by atoms with Crippen LogP contribution in [0.3, 0.4) is 0 Å². The van der Waals surface area contributed by atoms with Crippen LogP contribution < -0.4 is 10.6 Å². The number of para-hydroxylation sites is 1. The van der Waals surface area contributed by atoms with E-state index in [9.17, 15) is 5.11 Å². The van der Waals surface area contributed by atoms with Crippen molar-refractivity contribution in [1.29, 1.82) is 0 Å². The number of benzene rings is 1. The first-order valence-electron chi connectivity index (χ1n) is 7.13. The minimum absolute atomic E-state index is 0.136. The molecule has 1 heterocycles. The van der Waals surface area contributed by atoms with Gasteiger partial charge in [-0.1, -0.05) is 30.4 Å². The Morgan fingerprint density at radius 2 is 2.14 bits per heavy atom. The van der Waals surface area contributed by atoms with Gasteiger partial charge in [-0.05, 0) is 30.9 Å². The Balaban J connectivity index is 1.94. The van der Waals surface area contributed by atoms with Gasteiger partial charge in [0.15, 0.2) is 0 Å². The van der Waals surface area contributed by atoms with E-state index in [0.29, 0.717) is 10.9 Å². The molecule has 0 bridgehead atoms. The molecular weight excluding hydrogens is 282 g/mol. The van der Waals surface area contributed by atoms with Crippen molar-refractivity contribution in [3.8, 4) is 0 Å². The molecule has 0 amide bonds. The lowest BCUT2D eigenvalue weighted by Crippen LogP contribution is -2.38. The summed E-state index contributed by atoms with van der Waals surface area (Å²) in [6, 6.07) is 9.96. The minimum Gasteiger partial charge on any atom is -0.393 e. The standard InChI is InChI=1S/C16H19N3OS/c1-19(9-10-6-12(20)7-10)16-13(15(17)21)8-11-4-2-3-5-14(11)18-16/h2-5,8,10,12,20H,6-7,9H2,1H3,(H2,17,21). The number of fused-ring (bicyclic) bond motifs is 1. The van der Waals surface area contributed by atoms with Crippen LogP contribution >= 0.6 is 12.2 Å². The molecule has 4 nitrogen and oxygen atoms in total. The monoisotopic (exact) mass is 301 g/mol. The molecule has 0 saturated heterocycles. The Labute approximate surface area is 129 Å². The lowest BCUT2D eigenvalue weighted by molar-refractivity contribution is 0.0464. The van der Waals surface area contributed by atoms with Crippen LogP contribution in [0.4, 0.5) is 5.82 Å². The molecule has 1 aliphatic rings. The molecule has 0 unspecified atom stereocenters. The minimum atomic E-state index is -0.136. The highest BCUT2D eigenvalue weighted by Gasteiger charge is 2.28. The topological polar surface area (TPSA) is 62.4 Å². The molecule has 21 heavy (non-hydrogen) atoms. The van der Waals surface area contributed by atoms with E-state index in [2.05, 4.69) is 4.90 Å². The van der Waals surface area contributed by atoms with Crippen molar-refractivity contribution in [1.82, 2.24) is 4.98 Å². The first kappa shape index (κ1) is 14.2. The number of thiocarbonyl (C=S) groups is 1. The van der Waals surface area contributed by atoms with E-state index in [1.807, 2.05) is 37.4 Å². The van der Waals surface area contributed by atoms with Crippen LogP contribution in [0.1, 0.15) is 18.4 Å². The second-order valence-electron chi connectivity index (χ2n) is 5.79. The van der Waals surface area contributed by atoms with Gasteiger partial charge >= 0.3 is 0 Å². The summed E-state index contributed by atoms with van der Waals surface area (Å²) in [6.07, 6.45) is 1.59. The molecule has 110 valence electrons. The smallest absolute Gasteiger partial charge is 0.139 e. The number of aliphatic hydroxyl groups excluding tert-OH is 1. The first-order valence-corrected chi connectivity index (χ1v) is 7.54. The fraction of sp³-hybridized carbons (Fsp3) is 0.375. The van der Waals surface area contributed by atoms with Gasteiger partial charge in [-0.25, -0.2) is 4.98 Å². The van der Waals surface area contributed by atoms with E-state index in [4.69, 9.17) is 22.9 Å². The van der Waals surface area contributed by atoms with Crippen molar-refractivity contribution in [2.45, 2.75) is 18.9 Å². The van der Waals surface area contributed by atoms with E-state index in [1.54, 1.807) is 0 Å². The van der Waals surface area contributed by atoms with E-state index < -0.39 is 0 Å². The summed E-state index contributed by atoms with van der Waals surface area (Å²) in [5.41, 5.74) is 7.62. The Morgan fingerprint density at radius 1 is 1.43 bits per heavy atom. The molecule has 3 N–H and O–H groups in total. The van der Waals surface area contributed by atoms with Gasteiger partial charge in [-0.2, -0.15) is 0 Å². The van der Waals surface area contributed by atoms with Crippen LogP contribution in [-0.4, -0.2) is 34.8 Å². The average Bonchev–Trinajstić information content (AvgIpc) is 2.44. The fourth-order valence-electron chi connectivity index (χ4n) is 2.90. The summed E-state index contributed by atoms with van der Waals surface area (Å²) in [5, 5.41) is 10.4. The summed E-state index contributed by atoms with van der Waals surface area (Å²) >= 11 is 5.18. The second kappa shape index (κ2) is 5.58. The number of nitrogens with two attached hydrogens (primary N) is 1. The zero-order valence-corrected chi connectivity index (χ0v) is 12.8. The van der Waals surface area contributed by atoms with E-state index in [1.165, 1.54) is 0 Å². The van der Waals surface area contributed by atoms with E-state index in [-0.39, 0.29) is 6.10 Å². The largest absolute Gasteiger partial charge is 0.393 e. The predicted octanol–water partition coefficient (Wildman–Crippen LogP) is 2.08. The number of aromatic nitrogens is 1. The lowest BCUT2D eigenvalue weighted by Gasteiger charge is -2.35. The molecule has 1 fully saturated rings. The van der Waals surface area contributed by atoms with Crippen molar-refractivity contribution in [3.63, 3.8) is 0 Å². The molecule has 5 heteroatoms. The van der Waals surface area contributed by atoms with Crippen LogP contribution in [0.5, 0.6) is 0 Å². The third-order valence-electron chi connectivity index (χ3n) is 4.07. The highest BCUT2D eigenvalue weighted by Crippen LogP contribution is 2.30. The molecule has 1 saturated carbocycles. The van der Waals surface area contributed by atoms with Gasteiger partial charge in [-0.3, -0.25) is 0 Å². The fourth-order valence-corrected chi connectivity index (χ4v) is 3.05. The molecule has 1 aromatic heterocycles. The highest BCUT2D eigenvalue weighted by molar-refractivity contribution is 7.80. The molecule has 0 atom stereocenters. The SMILES string of the molecule is CN(CC1CC(O)C1)c1nc2ccccc2cc1C(N)=S. The van der Waals surface area contributed by atoms with E-state index >= 15 is 0 Å². The predicted molar refractivity (Wildman–Crippen MR) is 89.6 cm³/mol. The maximum absolute atomic E-state index is 9.41. The second-order valence-corrected chi connectivity index (χ2v) is 6.23. The molecular formula is C16H19N3OS. The average molecular weight is 301 g/mol. The van der Waals surface area contributed by atoms with Crippen LogP contribution in [-0.2, 0) is 0 Å². The Morgan fingerprint density at radius 3 is 2.81 bits per heavy atom. The van der Waals surface area contributed by atoms with Gasteiger partial charge in [0.2, 0.25) is 0 Å². The van der Waals surface area contributed by atoms with Gasteiger partial charge in [-0.15, -0.1) is 0 Å². The van der Waals surface area contributed by atoms with Gasteiger partial charge in [0.1, 0.15) is 10.8 Å². The van der Waals surface area contributed by atoms with Crippen LogP contribution in [0.15, 0.2) is 30.3 Å². The van der Waals surface area contributed by atoms with Crippen LogP contribution in [0, 0.1) is 5.92 Å². The number of hydrogen-bond acceptors (Lipinski definition) is 4. The lowest BCUT2D eigenvalue weighted by atomic mass is 9.82. The van der Waals surface area contributed by atoms with Gasteiger partial charge in [0, 0.05) is 19.0 Å². The van der Waals surface area contributed by atoms with Gasteiger partial charge in [0.05, 0.1) is 17.2 Å². The maximum Gasteiger partial charge on any atom is 0.139 e. The number of nitrogens with zero attached hydrogens (tertiary/aromatic N) is 2. The Hall–Kier alpha value is -1.72. The molecule has 0 aliphatic heterocycles. The zero-order chi connectivity index (χ0) is 15.0. The summed E-state index contributed by atoms with van der Waals surface area (Å²) in [7, 11) is 2.00. The summed E-state index contributed by atoms with van der Waals surface area (Å²) in [5.74, 6) is 1.33. The van der Waals surface area contributed by atoms with Crippen molar-refractivity contribution in [2.24, 2.45) is 11.7 Å². The quantitative estimate of drug-likeness (QED) is 0.847. The third kappa shape index (κ3) is 2.84. The zero-order valence-electron chi connectivity index (χ0n) is 12.0. The van der Waals surface area contributed by atoms with Crippen molar-refractivity contribution in [2.75, 3.05) is 18.5 Å². The molecule has 1 aliphatic carbocycles. The Kier molecular flexibility index (Phi) is 3.78. The number of pyridine rings is 1. The normalized spacial score (nSPS) is 21.0. The third-order valence-corrected chi connectivity index (χ3v) is 4.29. The molecule has 3 rings (SSSR count). The summed E-state index contributed by atoms with van der Waals surface area (Å²) in [4.78, 5) is 7.18. The van der Waals surface area contributed by atoms with Crippen LogP contribution in [0.25, 0.3) is 10.9 Å². The highest BCUT2D eigenvalue weighted by atomic mass is 32.1. The number of rotatable bonds is 4.